The summed E-state index contributed by atoms with van der Waals surface area (Å²) in [4.78, 5) is 25.2. The Morgan fingerprint density at radius 2 is 1.47 bits per heavy atom. The molecule has 2 aliphatic carbocycles. The van der Waals surface area contributed by atoms with Gasteiger partial charge in [-0.3, -0.25) is 14.5 Å². The normalized spacial score (nSPS) is 22.2. The molecule has 0 spiro atoms. The van der Waals surface area contributed by atoms with Gasteiger partial charge in [0.05, 0.1) is 12.3 Å². The Balaban J connectivity index is 1.49. The Labute approximate surface area is 195 Å². The number of thioether (sulfide) groups is 1. The summed E-state index contributed by atoms with van der Waals surface area (Å²) in [5.74, 6) is 0.173. The van der Waals surface area contributed by atoms with Crippen molar-refractivity contribution >= 4 is 22.9 Å². The fraction of sp³-hybridized carbons (Fsp3) is 0.429. The number of amides is 2. The zero-order valence-corrected chi connectivity index (χ0v) is 20.4. The van der Waals surface area contributed by atoms with Crippen molar-refractivity contribution in [3.63, 3.8) is 0 Å². The minimum absolute atomic E-state index is 0.0278. The van der Waals surface area contributed by atoms with E-state index in [0.29, 0.717) is 6.54 Å². The van der Waals surface area contributed by atoms with Gasteiger partial charge in [-0.25, -0.2) is 0 Å². The van der Waals surface area contributed by atoms with Crippen molar-refractivity contribution in [3.05, 3.63) is 81.9 Å². The van der Waals surface area contributed by atoms with E-state index in [4.69, 9.17) is 0 Å². The Morgan fingerprint density at radius 3 is 2.00 bits per heavy atom. The van der Waals surface area contributed by atoms with Crippen LogP contribution in [0.2, 0.25) is 0 Å². The van der Waals surface area contributed by atoms with Crippen LogP contribution in [0.25, 0.3) is 0 Å². The van der Waals surface area contributed by atoms with Crippen LogP contribution in [0.5, 0.6) is 0 Å². The molecule has 0 bridgehead atoms. The summed E-state index contributed by atoms with van der Waals surface area (Å²) in [6.07, 6.45) is 7.03. The van der Waals surface area contributed by atoms with E-state index >= 15 is 0 Å². The lowest BCUT2D eigenvalue weighted by atomic mass is 9.66. The van der Waals surface area contributed by atoms with Crippen LogP contribution >= 0.6 is 11.8 Å². The van der Waals surface area contributed by atoms with Gasteiger partial charge >= 0.3 is 0 Å². The van der Waals surface area contributed by atoms with E-state index in [1.807, 2.05) is 0 Å². The highest BCUT2D eigenvalue weighted by Gasteiger charge is 2.48. The number of aryl methyl sites for hydroxylation is 1. The van der Waals surface area contributed by atoms with Gasteiger partial charge in [-0.2, -0.15) is 0 Å². The Kier molecular flexibility index (Phi) is 4.76. The van der Waals surface area contributed by atoms with Crippen molar-refractivity contribution in [1.29, 1.82) is 0 Å². The van der Waals surface area contributed by atoms with Crippen LogP contribution in [-0.4, -0.2) is 21.8 Å². The van der Waals surface area contributed by atoms with Crippen LogP contribution in [0.1, 0.15) is 73.9 Å². The van der Waals surface area contributed by atoms with Crippen molar-refractivity contribution in [2.75, 3.05) is 5.75 Å². The largest absolute Gasteiger partial charge is 0.289 e. The number of benzene rings is 2. The molecule has 1 heterocycles. The van der Waals surface area contributed by atoms with Crippen LogP contribution in [0, 0.1) is 6.92 Å². The van der Waals surface area contributed by atoms with E-state index in [2.05, 4.69) is 83.2 Å². The molecule has 3 nitrogen and oxygen atoms in total. The van der Waals surface area contributed by atoms with E-state index in [1.54, 1.807) is 0 Å². The fourth-order valence-corrected chi connectivity index (χ4v) is 6.10. The number of rotatable bonds is 4. The third-order valence-corrected chi connectivity index (χ3v) is 8.48. The van der Waals surface area contributed by atoms with E-state index in [9.17, 15) is 9.59 Å². The minimum Gasteiger partial charge on any atom is -0.273 e. The van der Waals surface area contributed by atoms with Gasteiger partial charge in [0.15, 0.2) is 0 Å². The first-order chi connectivity index (χ1) is 15.0. The standard InChI is InChI=1S/C28H31NO2S/c1-18-14-22-23(27(4,5)11-10-26(22,2)3)15-21(18)28(12-13-28)20-8-6-19(7-9-20)16-29-24(30)17-32-25(29)31/h6-11,14-15H,12-13,16-17H2,1-5H3. The van der Waals surface area contributed by atoms with Gasteiger partial charge in [0.2, 0.25) is 5.91 Å². The summed E-state index contributed by atoms with van der Waals surface area (Å²) in [6, 6.07) is 13.5. The van der Waals surface area contributed by atoms with Gasteiger partial charge in [0.1, 0.15) is 0 Å². The summed E-state index contributed by atoms with van der Waals surface area (Å²) in [5.41, 5.74) is 8.19. The molecule has 3 aliphatic rings. The maximum absolute atomic E-state index is 11.9. The Hall–Kier alpha value is -2.33. The maximum Gasteiger partial charge on any atom is 0.289 e. The highest BCUT2D eigenvalue weighted by Crippen LogP contribution is 2.56. The molecule has 32 heavy (non-hydrogen) atoms. The molecular weight excluding hydrogens is 414 g/mol. The molecule has 4 heteroatoms. The summed E-state index contributed by atoms with van der Waals surface area (Å²) >= 11 is 1.09. The van der Waals surface area contributed by atoms with Crippen molar-refractivity contribution in [2.45, 2.75) is 70.3 Å². The first kappa shape index (κ1) is 21.5. The Morgan fingerprint density at radius 1 is 0.875 bits per heavy atom. The molecule has 2 amide bonds. The van der Waals surface area contributed by atoms with Crippen molar-refractivity contribution < 1.29 is 9.59 Å². The zero-order valence-electron chi connectivity index (χ0n) is 19.6. The Bertz CT molecular complexity index is 1140. The van der Waals surface area contributed by atoms with Gasteiger partial charge in [-0.05, 0) is 53.1 Å². The monoisotopic (exact) mass is 445 g/mol. The predicted octanol–water partition coefficient (Wildman–Crippen LogP) is 6.40. The lowest BCUT2D eigenvalue weighted by Crippen LogP contribution is -2.30. The molecule has 0 N–H and O–H groups in total. The summed E-state index contributed by atoms with van der Waals surface area (Å²) in [7, 11) is 0. The highest BCUT2D eigenvalue weighted by molar-refractivity contribution is 8.14. The third kappa shape index (κ3) is 3.35. The molecular formula is C28H31NO2S. The number of fused-ring (bicyclic) bond motifs is 1. The number of hydrogen-bond donors (Lipinski definition) is 0. The third-order valence-electron chi connectivity index (χ3n) is 7.62. The minimum atomic E-state index is -0.137. The average molecular weight is 446 g/mol. The quantitative estimate of drug-likeness (QED) is 0.511. The second kappa shape index (κ2) is 7.08. The molecule has 5 rings (SSSR count). The maximum atomic E-state index is 11.9. The summed E-state index contributed by atoms with van der Waals surface area (Å²) < 4.78 is 0. The molecule has 1 aliphatic heterocycles. The molecule has 166 valence electrons. The van der Waals surface area contributed by atoms with Crippen molar-refractivity contribution in [2.24, 2.45) is 0 Å². The molecule has 2 fully saturated rings. The molecule has 0 aromatic heterocycles. The summed E-state index contributed by atoms with van der Waals surface area (Å²) in [5, 5.41) is -0.137. The first-order valence-electron chi connectivity index (χ1n) is 11.5. The van der Waals surface area contributed by atoms with Gasteiger partial charge < -0.3 is 0 Å². The number of imide groups is 1. The van der Waals surface area contributed by atoms with Crippen LogP contribution in [0.4, 0.5) is 4.79 Å². The molecule has 0 radical (unpaired) electrons. The molecule has 1 saturated heterocycles. The molecule has 2 aromatic carbocycles. The molecule has 1 saturated carbocycles. The lowest BCUT2D eigenvalue weighted by molar-refractivity contribution is -0.125. The first-order valence-corrected chi connectivity index (χ1v) is 12.5. The van der Waals surface area contributed by atoms with Gasteiger partial charge in [0.25, 0.3) is 5.24 Å². The van der Waals surface area contributed by atoms with Crippen LogP contribution in [0.15, 0.2) is 48.6 Å². The van der Waals surface area contributed by atoms with Gasteiger partial charge in [-0.15, -0.1) is 0 Å². The molecule has 2 aromatic rings. The molecule has 0 unspecified atom stereocenters. The summed E-state index contributed by atoms with van der Waals surface area (Å²) in [6.45, 7) is 11.8. The van der Waals surface area contributed by atoms with E-state index in [-0.39, 0.29) is 33.1 Å². The number of nitrogens with zero attached hydrogens (tertiary/aromatic N) is 1. The smallest absolute Gasteiger partial charge is 0.273 e. The second-order valence-electron chi connectivity index (χ2n) is 10.8. The zero-order chi connectivity index (χ0) is 22.9. The lowest BCUT2D eigenvalue weighted by Gasteiger charge is -2.38. The van der Waals surface area contributed by atoms with Crippen molar-refractivity contribution in [3.8, 4) is 0 Å². The highest BCUT2D eigenvalue weighted by atomic mass is 32.2. The number of hydrogen-bond acceptors (Lipinski definition) is 3. The van der Waals surface area contributed by atoms with Gasteiger partial charge in [0, 0.05) is 16.2 Å². The van der Waals surface area contributed by atoms with E-state index in [1.165, 1.54) is 32.7 Å². The molecule has 0 atom stereocenters. The number of allylic oxidation sites excluding steroid dienone is 2. The van der Waals surface area contributed by atoms with Crippen LogP contribution in [0.3, 0.4) is 0 Å². The second-order valence-corrected chi connectivity index (χ2v) is 11.7. The SMILES string of the molecule is Cc1cc2c(cc1C1(c3ccc(CN4C(=O)CSC4=O)cc3)CC1)C(C)(C)C=CC2(C)C. The average Bonchev–Trinajstić information content (AvgIpc) is 3.49. The van der Waals surface area contributed by atoms with Crippen LogP contribution < -0.4 is 0 Å². The van der Waals surface area contributed by atoms with Crippen molar-refractivity contribution in [1.82, 2.24) is 4.90 Å². The number of carbonyl (C=O) groups excluding carboxylic acids is 2. The van der Waals surface area contributed by atoms with Gasteiger partial charge in [-0.1, -0.05) is 88.0 Å². The van der Waals surface area contributed by atoms with E-state index < -0.39 is 0 Å². The fourth-order valence-electron chi connectivity index (χ4n) is 5.37. The predicted molar refractivity (Wildman–Crippen MR) is 131 cm³/mol. The van der Waals surface area contributed by atoms with E-state index in [0.717, 1.165) is 30.2 Å². The number of carbonyl (C=O) groups is 2. The van der Waals surface area contributed by atoms with Crippen LogP contribution in [-0.2, 0) is 27.6 Å². The topological polar surface area (TPSA) is 37.4 Å².